The SMILES string of the molecule is CC[C@@H](C)NC(=O)Nc1cccc(-c2noc(-c3ccc(OC)cc3)n2)c1. The number of urea groups is 1. The van der Waals surface area contributed by atoms with E-state index in [2.05, 4.69) is 20.8 Å². The molecule has 0 aliphatic heterocycles. The smallest absolute Gasteiger partial charge is 0.319 e. The Hall–Kier alpha value is -3.35. The largest absolute Gasteiger partial charge is 0.497 e. The molecule has 2 N–H and O–H groups in total. The molecule has 7 nitrogen and oxygen atoms in total. The number of carbonyl (C=O) groups is 1. The van der Waals surface area contributed by atoms with E-state index in [1.807, 2.05) is 56.3 Å². The van der Waals surface area contributed by atoms with E-state index in [9.17, 15) is 4.79 Å². The van der Waals surface area contributed by atoms with E-state index in [0.29, 0.717) is 17.4 Å². The number of amides is 2. The van der Waals surface area contributed by atoms with E-state index in [0.717, 1.165) is 23.3 Å². The summed E-state index contributed by atoms with van der Waals surface area (Å²) in [6.07, 6.45) is 0.866. The van der Waals surface area contributed by atoms with E-state index < -0.39 is 0 Å². The third kappa shape index (κ3) is 4.63. The molecule has 0 spiro atoms. The first kappa shape index (κ1) is 18.4. The summed E-state index contributed by atoms with van der Waals surface area (Å²) in [6.45, 7) is 3.97. The third-order valence-corrected chi connectivity index (χ3v) is 4.13. The molecular formula is C20H22N4O3. The van der Waals surface area contributed by atoms with Crippen LogP contribution in [-0.4, -0.2) is 29.3 Å². The van der Waals surface area contributed by atoms with E-state index in [-0.39, 0.29) is 12.1 Å². The first-order chi connectivity index (χ1) is 13.1. The Morgan fingerprint density at radius 2 is 1.96 bits per heavy atom. The molecule has 7 heteroatoms. The van der Waals surface area contributed by atoms with Crippen molar-refractivity contribution in [3.05, 3.63) is 48.5 Å². The van der Waals surface area contributed by atoms with Gasteiger partial charge in [0.25, 0.3) is 5.89 Å². The molecule has 2 amide bonds. The molecule has 0 unspecified atom stereocenters. The fraction of sp³-hybridized carbons (Fsp3) is 0.250. The van der Waals surface area contributed by atoms with E-state index >= 15 is 0 Å². The average Bonchev–Trinajstić information content (AvgIpc) is 3.18. The molecule has 0 bridgehead atoms. The average molecular weight is 366 g/mol. The number of carbonyl (C=O) groups excluding carboxylic acids is 1. The normalized spacial score (nSPS) is 11.7. The van der Waals surface area contributed by atoms with Gasteiger partial charge in [0, 0.05) is 22.9 Å². The third-order valence-electron chi connectivity index (χ3n) is 4.13. The predicted molar refractivity (Wildman–Crippen MR) is 104 cm³/mol. The van der Waals surface area contributed by atoms with Gasteiger partial charge in [-0.25, -0.2) is 4.79 Å². The highest BCUT2D eigenvalue weighted by molar-refractivity contribution is 5.90. The molecule has 140 valence electrons. The number of aromatic nitrogens is 2. The molecule has 0 saturated carbocycles. The summed E-state index contributed by atoms with van der Waals surface area (Å²) in [6, 6.07) is 14.5. The summed E-state index contributed by atoms with van der Waals surface area (Å²) < 4.78 is 10.5. The second-order valence-electron chi connectivity index (χ2n) is 6.14. The first-order valence-electron chi connectivity index (χ1n) is 8.75. The number of hydrogen-bond acceptors (Lipinski definition) is 5. The van der Waals surface area contributed by atoms with Crippen molar-refractivity contribution in [2.24, 2.45) is 0 Å². The van der Waals surface area contributed by atoms with Gasteiger partial charge in [0.15, 0.2) is 0 Å². The second-order valence-corrected chi connectivity index (χ2v) is 6.14. The summed E-state index contributed by atoms with van der Waals surface area (Å²) in [7, 11) is 1.62. The Labute approximate surface area is 157 Å². The maximum atomic E-state index is 12.0. The highest BCUT2D eigenvalue weighted by Gasteiger charge is 2.12. The minimum absolute atomic E-state index is 0.109. The Bertz CT molecular complexity index is 906. The Morgan fingerprint density at radius 3 is 2.67 bits per heavy atom. The van der Waals surface area contributed by atoms with Gasteiger partial charge < -0.3 is 19.9 Å². The number of rotatable bonds is 6. The molecule has 3 rings (SSSR count). The van der Waals surface area contributed by atoms with Gasteiger partial charge in [0.2, 0.25) is 5.82 Å². The lowest BCUT2D eigenvalue weighted by Crippen LogP contribution is -2.35. The standard InChI is InChI=1S/C20H22N4O3/c1-4-13(2)21-20(25)22-16-7-5-6-15(12-16)18-23-19(27-24-18)14-8-10-17(26-3)11-9-14/h5-13H,4H2,1-3H3,(H2,21,22,25)/t13-/m1/s1. The summed E-state index contributed by atoms with van der Waals surface area (Å²) in [5, 5.41) is 9.72. The molecule has 3 aromatic rings. The number of nitrogens with zero attached hydrogens (tertiary/aromatic N) is 2. The first-order valence-corrected chi connectivity index (χ1v) is 8.75. The monoisotopic (exact) mass is 366 g/mol. The van der Waals surface area contributed by atoms with Crippen LogP contribution in [0.4, 0.5) is 10.5 Å². The van der Waals surface area contributed by atoms with Gasteiger partial charge in [0.1, 0.15) is 5.75 Å². The van der Waals surface area contributed by atoms with Crippen LogP contribution in [0.3, 0.4) is 0 Å². The van der Waals surface area contributed by atoms with Gasteiger partial charge in [0.05, 0.1) is 7.11 Å². The number of anilines is 1. The lowest BCUT2D eigenvalue weighted by Gasteiger charge is -2.12. The zero-order valence-corrected chi connectivity index (χ0v) is 15.5. The Morgan fingerprint density at radius 1 is 1.19 bits per heavy atom. The number of nitrogens with one attached hydrogen (secondary N) is 2. The Balaban J connectivity index is 1.75. The van der Waals surface area contributed by atoms with Crippen LogP contribution in [-0.2, 0) is 0 Å². The van der Waals surface area contributed by atoms with E-state index in [1.165, 1.54) is 0 Å². The van der Waals surface area contributed by atoms with Crippen LogP contribution in [0.2, 0.25) is 0 Å². The quantitative estimate of drug-likeness (QED) is 0.678. The fourth-order valence-electron chi connectivity index (χ4n) is 2.42. The highest BCUT2D eigenvalue weighted by atomic mass is 16.5. The molecule has 0 aliphatic rings. The molecule has 0 fully saturated rings. The fourth-order valence-corrected chi connectivity index (χ4v) is 2.42. The van der Waals surface area contributed by atoms with E-state index in [4.69, 9.17) is 9.26 Å². The number of ether oxygens (including phenoxy) is 1. The zero-order valence-electron chi connectivity index (χ0n) is 15.5. The van der Waals surface area contributed by atoms with Crippen LogP contribution < -0.4 is 15.4 Å². The minimum atomic E-state index is -0.242. The van der Waals surface area contributed by atoms with Crippen molar-refractivity contribution in [1.29, 1.82) is 0 Å². The van der Waals surface area contributed by atoms with Gasteiger partial charge in [-0.1, -0.05) is 24.2 Å². The van der Waals surface area contributed by atoms with Gasteiger partial charge in [-0.2, -0.15) is 4.98 Å². The van der Waals surface area contributed by atoms with Crippen molar-refractivity contribution < 1.29 is 14.1 Å². The van der Waals surface area contributed by atoms with Gasteiger partial charge in [-0.05, 0) is 49.7 Å². The topological polar surface area (TPSA) is 89.3 Å². The number of benzene rings is 2. The Kier molecular flexibility index (Phi) is 5.71. The second kappa shape index (κ2) is 8.35. The lowest BCUT2D eigenvalue weighted by molar-refractivity contribution is 0.249. The van der Waals surface area contributed by atoms with Crippen LogP contribution in [0.5, 0.6) is 5.75 Å². The van der Waals surface area contributed by atoms with Crippen molar-refractivity contribution in [1.82, 2.24) is 15.5 Å². The molecule has 0 saturated heterocycles. The molecule has 1 atom stereocenters. The molecular weight excluding hydrogens is 344 g/mol. The van der Waals surface area contributed by atoms with Crippen molar-refractivity contribution in [3.8, 4) is 28.6 Å². The molecule has 0 radical (unpaired) electrons. The summed E-state index contributed by atoms with van der Waals surface area (Å²) in [5.74, 6) is 1.63. The predicted octanol–water partition coefficient (Wildman–Crippen LogP) is 4.33. The van der Waals surface area contributed by atoms with E-state index in [1.54, 1.807) is 13.2 Å². The van der Waals surface area contributed by atoms with Crippen LogP contribution >= 0.6 is 0 Å². The number of methoxy groups -OCH3 is 1. The minimum Gasteiger partial charge on any atom is -0.497 e. The van der Waals surface area contributed by atoms with Crippen LogP contribution in [0.25, 0.3) is 22.8 Å². The van der Waals surface area contributed by atoms with Gasteiger partial charge in [-0.3, -0.25) is 0 Å². The molecule has 1 aromatic heterocycles. The maximum absolute atomic E-state index is 12.0. The lowest BCUT2D eigenvalue weighted by atomic mass is 10.2. The van der Waals surface area contributed by atoms with Crippen LogP contribution in [0.1, 0.15) is 20.3 Å². The van der Waals surface area contributed by atoms with Crippen molar-refractivity contribution in [2.75, 3.05) is 12.4 Å². The van der Waals surface area contributed by atoms with Crippen molar-refractivity contribution in [3.63, 3.8) is 0 Å². The molecule has 2 aromatic carbocycles. The van der Waals surface area contributed by atoms with Crippen LogP contribution in [0, 0.1) is 0 Å². The van der Waals surface area contributed by atoms with Crippen molar-refractivity contribution >= 4 is 11.7 Å². The molecule has 0 aliphatic carbocycles. The maximum Gasteiger partial charge on any atom is 0.319 e. The van der Waals surface area contributed by atoms with Gasteiger partial charge in [-0.15, -0.1) is 0 Å². The summed E-state index contributed by atoms with van der Waals surface area (Å²) in [4.78, 5) is 16.4. The van der Waals surface area contributed by atoms with Crippen molar-refractivity contribution in [2.45, 2.75) is 26.3 Å². The summed E-state index contributed by atoms with van der Waals surface area (Å²) >= 11 is 0. The molecule has 27 heavy (non-hydrogen) atoms. The highest BCUT2D eigenvalue weighted by Crippen LogP contribution is 2.25. The number of hydrogen-bond donors (Lipinski definition) is 2. The summed E-state index contributed by atoms with van der Waals surface area (Å²) in [5.41, 5.74) is 2.21. The van der Waals surface area contributed by atoms with Gasteiger partial charge >= 0.3 is 6.03 Å². The molecule has 1 heterocycles. The van der Waals surface area contributed by atoms with Crippen LogP contribution in [0.15, 0.2) is 53.1 Å². The zero-order chi connectivity index (χ0) is 19.2.